The summed E-state index contributed by atoms with van der Waals surface area (Å²) >= 11 is 2.30. The summed E-state index contributed by atoms with van der Waals surface area (Å²) in [5.74, 6) is 0.908. The number of hydrogen-bond donors (Lipinski definition) is 0. The van der Waals surface area contributed by atoms with E-state index in [-0.39, 0.29) is 0 Å². The second kappa shape index (κ2) is 5.96. The molecule has 2 rings (SSSR count). The van der Waals surface area contributed by atoms with Crippen LogP contribution >= 0.6 is 22.6 Å². The molecule has 1 aliphatic rings. The molecule has 0 aromatic carbocycles. The topological polar surface area (TPSA) is 52.3 Å². The van der Waals surface area contributed by atoms with E-state index in [2.05, 4.69) is 49.6 Å². The van der Waals surface area contributed by atoms with Crippen molar-refractivity contribution in [3.05, 3.63) is 29.6 Å². The van der Waals surface area contributed by atoms with Crippen LogP contribution in [0.1, 0.15) is 24.1 Å². The fourth-order valence-electron chi connectivity index (χ4n) is 1.92. The van der Waals surface area contributed by atoms with Crippen LogP contribution in [0.4, 0.5) is 0 Å². The Morgan fingerprint density at radius 1 is 1.53 bits per heavy atom. The monoisotopic (exact) mass is 340 g/mol. The van der Waals surface area contributed by atoms with Crippen LogP contribution in [0.3, 0.4) is 0 Å². The summed E-state index contributed by atoms with van der Waals surface area (Å²) < 4.78 is 0.933. The van der Waals surface area contributed by atoms with Crippen LogP contribution in [0.5, 0.6) is 0 Å². The van der Waals surface area contributed by atoms with Gasteiger partial charge in [-0.05, 0) is 18.1 Å². The summed E-state index contributed by atoms with van der Waals surface area (Å²) in [5, 5.41) is 8.60. The second-order valence-electron chi connectivity index (χ2n) is 3.94. The minimum Gasteiger partial charge on any atom is -0.355 e. The Kier molecular flexibility index (Phi) is 4.31. The van der Waals surface area contributed by atoms with Crippen molar-refractivity contribution in [3.63, 3.8) is 0 Å². The first-order valence-electron chi connectivity index (χ1n) is 5.54. The predicted octanol–water partition coefficient (Wildman–Crippen LogP) is 2.49. The van der Waals surface area contributed by atoms with Gasteiger partial charge in [-0.2, -0.15) is 10.3 Å². The average molecular weight is 340 g/mol. The average Bonchev–Trinajstić information content (AvgIpc) is 2.78. The van der Waals surface area contributed by atoms with Crippen molar-refractivity contribution in [2.24, 2.45) is 4.99 Å². The van der Waals surface area contributed by atoms with E-state index in [0.29, 0.717) is 0 Å². The maximum atomic E-state index is 8.60. The second-order valence-corrected chi connectivity index (χ2v) is 4.71. The van der Waals surface area contributed by atoms with Gasteiger partial charge in [-0.25, -0.2) is 0 Å². The summed E-state index contributed by atoms with van der Waals surface area (Å²) in [5.41, 5.74) is 2.27. The van der Waals surface area contributed by atoms with Crippen molar-refractivity contribution in [3.8, 4) is 6.19 Å². The number of halogens is 1. The molecule has 88 valence electrons. The zero-order valence-corrected chi connectivity index (χ0v) is 11.6. The summed E-state index contributed by atoms with van der Waals surface area (Å²) in [6, 6.07) is 4.16. The summed E-state index contributed by atoms with van der Waals surface area (Å²) in [6.45, 7) is 1.78. The molecule has 4 nitrogen and oxygen atoms in total. The first-order chi connectivity index (χ1) is 8.33. The lowest BCUT2D eigenvalue weighted by Gasteiger charge is -2.17. The van der Waals surface area contributed by atoms with Gasteiger partial charge in [0.25, 0.3) is 0 Å². The summed E-state index contributed by atoms with van der Waals surface area (Å²) in [7, 11) is 0. The molecule has 0 saturated carbocycles. The highest BCUT2D eigenvalue weighted by atomic mass is 127. The van der Waals surface area contributed by atoms with Gasteiger partial charge in [0.1, 0.15) is 5.84 Å². The molecule has 0 bridgehead atoms. The Morgan fingerprint density at radius 3 is 3.06 bits per heavy atom. The third-order valence-corrected chi connectivity index (χ3v) is 3.55. The lowest BCUT2D eigenvalue weighted by molar-refractivity contribution is 0.447. The van der Waals surface area contributed by atoms with Crippen LogP contribution in [-0.2, 0) is 11.0 Å². The molecule has 0 spiro atoms. The first kappa shape index (κ1) is 12.3. The molecule has 5 heteroatoms. The van der Waals surface area contributed by atoms with Gasteiger partial charge in [-0.1, -0.05) is 28.7 Å². The Labute approximate surface area is 115 Å². The van der Waals surface area contributed by atoms with E-state index < -0.39 is 0 Å². The van der Waals surface area contributed by atoms with Crippen LogP contribution < -0.4 is 0 Å². The zero-order chi connectivity index (χ0) is 12.1. The molecule has 1 aromatic rings. The molecule has 0 unspecified atom stereocenters. The number of hydrogen-bond acceptors (Lipinski definition) is 3. The highest BCUT2D eigenvalue weighted by molar-refractivity contribution is 14.1. The maximum Gasteiger partial charge on any atom is 0.207 e. The molecule has 0 aliphatic carbocycles. The zero-order valence-electron chi connectivity index (χ0n) is 9.43. The van der Waals surface area contributed by atoms with E-state index in [1.807, 2.05) is 12.4 Å². The lowest BCUT2D eigenvalue weighted by atomic mass is 10.2. The predicted molar refractivity (Wildman–Crippen MR) is 74.7 cm³/mol. The minimum atomic E-state index is 0.801. The summed E-state index contributed by atoms with van der Waals surface area (Å²) in [6.07, 6.45) is 5.78. The molecule has 0 radical (unpaired) electrons. The quantitative estimate of drug-likeness (QED) is 0.483. The fourth-order valence-corrected chi connectivity index (χ4v) is 2.37. The Balaban J connectivity index is 2.05. The Morgan fingerprint density at radius 2 is 2.41 bits per heavy atom. The molecule has 17 heavy (non-hydrogen) atoms. The highest BCUT2D eigenvalue weighted by Gasteiger charge is 2.18. The standard InChI is InChI=1S/C12H13IN4/c13-6-11-4-3-10(7-15-11)8-17-5-1-2-12(17)16-9-14/h3-4,7H,1-2,5-6,8H2. The van der Waals surface area contributed by atoms with Gasteiger partial charge >= 0.3 is 0 Å². The van der Waals surface area contributed by atoms with E-state index in [4.69, 9.17) is 5.26 Å². The third kappa shape index (κ3) is 3.16. The Bertz CT molecular complexity index is 447. The van der Waals surface area contributed by atoms with Gasteiger partial charge in [0.05, 0.1) is 5.69 Å². The molecule has 0 N–H and O–H groups in total. The van der Waals surface area contributed by atoms with Crippen molar-refractivity contribution in [1.29, 1.82) is 5.26 Å². The number of likely N-dealkylation sites (tertiary alicyclic amines) is 1. The van der Waals surface area contributed by atoms with Crippen molar-refractivity contribution < 1.29 is 0 Å². The Hall–Kier alpha value is -1.16. The van der Waals surface area contributed by atoms with Gasteiger partial charge in [0, 0.05) is 30.1 Å². The lowest BCUT2D eigenvalue weighted by Crippen LogP contribution is -2.24. The van der Waals surface area contributed by atoms with E-state index in [1.54, 1.807) is 0 Å². The number of alkyl halides is 1. The van der Waals surface area contributed by atoms with Gasteiger partial charge in [0.2, 0.25) is 6.19 Å². The fraction of sp³-hybridized carbons (Fsp3) is 0.417. The van der Waals surface area contributed by atoms with Crippen molar-refractivity contribution in [2.75, 3.05) is 6.54 Å². The van der Waals surface area contributed by atoms with Crippen LogP contribution in [0.25, 0.3) is 0 Å². The molecular formula is C12H13IN4. The largest absolute Gasteiger partial charge is 0.355 e. The molecular weight excluding hydrogens is 327 g/mol. The molecule has 1 fully saturated rings. The van der Waals surface area contributed by atoms with Gasteiger partial charge in [-0.15, -0.1) is 0 Å². The van der Waals surface area contributed by atoms with Crippen LogP contribution in [0.15, 0.2) is 23.3 Å². The van der Waals surface area contributed by atoms with E-state index in [1.165, 1.54) is 5.56 Å². The molecule has 1 aliphatic heterocycles. The number of aliphatic imine (C=N–C) groups is 1. The smallest absolute Gasteiger partial charge is 0.207 e. The van der Waals surface area contributed by atoms with Crippen LogP contribution in [-0.4, -0.2) is 22.3 Å². The highest BCUT2D eigenvalue weighted by Crippen LogP contribution is 2.15. The van der Waals surface area contributed by atoms with Gasteiger partial charge in [0.15, 0.2) is 0 Å². The first-order valence-corrected chi connectivity index (χ1v) is 7.06. The summed E-state index contributed by atoms with van der Waals surface area (Å²) in [4.78, 5) is 10.4. The number of nitriles is 1. The van der Waals surface area contributed by atoms with Crippen molar-refractivity contribution in [2.45, 2.75) is 23.8 Å². The van der Waals surface area contributed by atoms with Gasteiger partial charge in [-0.3, -0.25) is 4.98 Å². The third-order valence-electron chi connectivity index (χ3n) is 2.77. The number of amidine groups is 1. The van der Waals surface area contributed by atoms with E-state index in [9.17, 15) is 0 Å². The van der Waals surface area contributed by atoms with E-state index >= 15 is 0 Å². The number of pyridine rings is 1. The van der Waals surface area contributed by atoms with Crippen LogP contribution in [0, 0.1) is 11.5 Å². The van der Waals surface area contributed by atoms with Gasteiger partial charge < -0.3 is 4.90 Å². The molecule has 2 heterocycles. The molecule has 1 saturated heterocycles. The maximum absolute atomic E-state index is 8.60. The molecule has 1 aromatic heterocycles. The number of aromatic nitrogens is 1. The number of rotatable bonds is 3. The van der Waals surface area contributed by atoms with Crippen molar-refractivity contribution >= 4 is 28.4 Å². The minimum absolute atomic E-state index is 0.801. The van der Waals surface area contributed by atoms with E-state index in [0.717, 1.165) is 41.9 Å². The number of nitrogens with zero attached hydrogens (tertiary/aromatic N) is 4. The van der Waals surface area contributed by atoms with Crippen molar-refractivity contribution in [1.82, 2.24) is 9.88 Å². The van der Waals surface area contributed by atoms with Crippen LogP contribution in [0.2, 0.25) is 0 Å². The molecule has 0 amide bonds. The normalized spacial score (nSPS) is 17.4. The SMILES string of the molecule is N#CN=C1CCCN1Cc1ccc(CI)nc1. The molecule has 0 atom stereocenters.